The largest absolute Gasteiger partial charge is 0.448 e. The van der Waals surface area contributed by atoms with Crippen LogP contribution in [-0.4, -0.2) is 54.0 Å². The Morgan fingerprint density at radius 2 is 1.66 bits per heavy atom. The summed E-state index contributed by atoms with van der Waals surface area (Å²) in [4.78, 5) is 32.5. The van der Waals surface area contributed by atoms with Crippen molar-refractivity contribution >= 4 is 44.4 Å². The lowest BCUT2D eigenvalue weighted by molar-refractivity contribution is -0.140. The van der Waals surface area contributed by atoms with E-state index in [1.54, 1.807) is 11.8 Å². The Morgan fingerprint density at radius 3 is 2.34 bits per heavy atom. The summed E-state index contributed by atoms with van der Waals surface area (Å²) in [5.41, 5.74) is 2.31. The van der Waals surface area contributed by atoms with E-state index in [1.165, 1.54) is 0 Å². The van der Waals surface area contributed by atoms with Crippen molar-refractivity contribution in [3.05, 3.63) is 64.8 Å². The molecular formula is C22H22BrN3O3. The molecule has 0 aliphatic carbocycles. The lowest BCUT2D eigenvalue weighted by atomic mass is 10.2. The SMILES string of the molecule is CC(OC(=O)c1[nH]c2ccccc2c1Br)C(=O)N1CCN(c2ccccc2)CC1. The third kappa shape index (κ3) is 4.00. The standard InChI is InChI=1S/C22H22BrN3O3/c1-15(29-22(28)20-19(23)17-9-5-6-10-18(17)24-20)21(27)26-13-11-25(12-14-26)16-7-3-2-4-8-16/h2-10,15,24H,11-14H2,1H3. The number of amides is 1. The highest BCUT2D eigenvalue weighted by molar-refractivity contribution is 9.10. The van der Waals surface area contributed by atoms with Crippen molar-refractivity contribution in [2.75, 3.05) is 31.1 Å². The van der Waals surface area contributed by atoms with E-state index in [4.69, 9.17) is 4.74 Å². The molecule has 1 N–H and O–H groups in total. The first kappa shape index (κ1) is 19.5. The van der Waals surface area contributed by atoms with Crippen molar-refractivity contribution in [1.82, 2.24) is 9.88 Å². The Bertz CT molecular complexity index is 1030. The Kier molecular flexibility index (Phi) is 5.58. The van der Waals surface area contributed by atoms with Crippen LogP contribution in [0, 0.1) is 0 Å². The molecule has 0 radical (unpaired) electrons. The number of hydrogen-bond donors (Lipinski definition) is 1. The summed E-state index contributed by atoms with van der Waals surface area (Å²) in [5.74, 6) is -0.713. The van der Waals surface area contributed by atoms with Crippen LogP contribution in [0.2, 0.25) is 0 Å². The maximum Gasteiger partial charge on any atom is 0.356 e. The van der Waals surface area contributed by atoms with E-state index in [0.717, 1.165) is 29.7 Å². The predicted octanol–water partition coefficient (Wildman–Crippen LogP) is 3.82. The topological polar surface area (TPSA) is 65.6 Å². The predicted molar refractivity (Wildman–Crippen MR) is 116 cm³/mol. The van der Waals surface area contributed by atoms with Crippen molar-refractivity contribution in [3.8, 4) is 0 Å². The van der Waals surface area contributed by atoms with Crippen LogP contribution < -0.4 is 4.90 Å². The highest BCUT2D eigenvalue weighted by Gasteiger charge is 2.28. The maximum absolute atomic E-state index is 12.8. The summed E-state index contributed by atoms with van der Waals surface area (Å²) in [5, 5.41) is 0.899. The third-order valence-electron chi connectivity index (χ3n) is 5.19. The van der Waals surface area contributed by atoms with Crippen LogP contribution in [0.25, 0.3) is 10.9 Å². The molecule has 2 heterocycles. The number of carbonyl (C=O) groups is 2. The van der Waals surface area contributed by atoms with Gasteiger partial charge in [-0.05, 0) is 41.1 Å². The molecule has 1 amide bonds. The van der Waals surface area contributed by atoms with Gasteiger partial charge in [-0.25, -0.2) is 4.79 Å². The zero-order valence-corrected chi connectivity index (χ0v) is 17.7. The minimum absolute atomic E-state index is 0.168. The first-order valence-corrected chi connectivity index (χ1v) is 10.4. The average molecular weight is 456 g/mol. The highest BCUT2D eigenvalue weighted by Crippen LogP contribution is 2.28. The number of hydrogen-bond acceptors (Lipinski definition) is 4. The zero-order chi connectivity index (χ0) is 20.4. The maximum atomic E-state index is 12.8. The van der Waals surface area contributed by atoms with Gasteiger partial charge in [-0.3, -0.25) is 4.79 Å². The van der Waals surface area contributed by atoms with Gasteiger partial charge in [0.25, 0.3) is 5.91 Å². The zero-order valence-electron chi connectivity index (χ0n) is 16.1. The average Bonchev–Trinajstić information content (AvgIpc) is 3.11. The second-order valence-electron chi connectivity index (χ2n) is 7.05. The van der Waals surface area contributed by atoms with Crippen LogP contribution in [-0.2, 0) is 9.53 Å². The van der Waals surface area contributed by atoms with E-state index in [1.807, 2.05) is 42.5 Å². The Morgan fingerprint density at radius 1 is 1.00 bits per heavy atom. The number of carbonyl (C=O) groups excluding carboxylic acids is 2. The smallest absolute Gasteiger partial charge is 0.356 e. The number of esters is 1. The van der Waals surface area contributed by atoms with Crippen molar-refractivity contribution < 1.29 is 14.3 Å². The summed E-state index contributed by atoms with van der Waals surface area (Å²) in [6.45, 7) is 4.34. The number of aromatic nitrogens is 1. The van der Waals surface area contributed by atoms with E-state index >= 15 is 0 Å². The molecule has 29 heavy (non-hydrogen) atoms. The van der Waals surface area contributed by atoms with Crippen LogP contribution in [0.3, 0.4) is 0 Å². The number of piperazine rings is 1. The molecule has 1 saturated heterocycles. The molecule has 0 saturated carbocycles. The van der Waals surface area contributed by atoms with Gasteiger partial charge >= 0.3 is 5.97 Å². The van der Waals surface area contributed by atoms with Crippen LogP contribution in [0.1, 0.15) is 17.4 Å². The Labute approximate surface area is 177 Å². The summed E-state index contributed by atoms with van der Waals surface area (Å²) in [7, 11) is 0. The van der Waals surface area contributed by atoms with Crippen LogP contribution in [0.5, 0.6) is 0 Å². The molecule has 3 aromatic rings. The summed E-state index contributed by atoms with van der Waals surface area (Å²) in [6, 6.07) is 17.7. The fourth-order valence-electron chi connectivity index (χ4n) is 3.60. The van der Waals surface area contributed by atoms with Gasteiger partial charge in [0.15, 0.2) is 6.10 Å². The number of rotatable bonds is 4. The van der Waals surface area contributed by atoms with Gasteiger partial charge in [-0.2, -0.15) is 0 Å². The minimum Gasteiger partial charge on any atom is -0.448 e. The molecule has 7 heteroatoms. The van der Waals surface area contributed by atoms with Crippen molar-refractivity contribution in [2.45, 2.75) is 13.0 Å². The number of H-pyrrole nitrogens is 1. The first-order valence-electron chi connectivity index (χ1n) is 9.60. The lowest BCUT2D eigenvalue weighted by Gasteiger charge is -2.37. The number of para-hydroxylation sites is 2. The van der Waals surface area contributed by atoms with Gasteiger partial charge in [0, 0.05) is 42.8 Å². The molecule has 1 unspecified atom stereocenters. The molecule has 1 fully saturated rings. The molecule has 1 aliphatic rings. The summed E-state index contributed by atoms with van der Waals surface area (Å²) >= 11 is 3.45. The molecular weight excluding hydrogens is 434 g/mol. The van der Waals surface area contributed by atoms with Crippen molar-refractivity contribution in [1.29, 1.82) is 0 Å². The number of fused-ring (bicyclic) bond motifs is 1. The van der Waals surface area contributed by atoms with Crippen LogP contribution >= 0.6 is 15.9 Å². The number of halogens is 1. The van der Waals surface area contributed by atoms with Gasteiger partial charge in [0.2, 0.25) is 0 Å². The van der Waals surface area contributed by atoms with Gasteiger partial charge in [-0.1, -0.05) is 36.4 Å². The van der Waals surface area contributed by atoms with Crippen molar-refractivity contribution in [3.63, 3.8) is 0 Å². The van der Waals surface area contributed by atoms with E-state index in [9.17, 15) is 9.59 Å². The van der Waals surface area contributed by atoms with E-state index < -0.39 is 12.1 Å². The second kappa shape index (κ2) is 8.29. The molecule has 2 aromatic carbocycles. The monoisotopic (exact) mass is 455 g/mol. The number of anilines is 1. The minimum atomic E-state index is -0.843. The number of ether oxygens (including phenoxy) is 1. The molecule has 0 bridgehead atoms. The highest BCUT2D eigenvalue weighted by atomic mass is 79.9. The van der Waals surface area contributed by atoms with Crippen LogP contribution in [0.15, 0.2) is 59.1 Å². The van der Waals surface area contributed by atoms with Gasteiger partial charge in [0.1, 0.15) is 5.69 Å². The fourth-order valence-corrected chi connectivity index (χ4v) is 4.21. The number of nitrogens with zero attached hydrogens (tertiary/aromatic N) is 2. The Hall–Kier alpha value is -2.80. The molecule has 0 spiro atoms. The third-order valence-corrected chi connectivity index (χ3v) is 6.01. The number of aromatic amines is 1. The van der Waals surface area contributed by atoms with Gasteiger partial charge < -0.3 is 19.5 Å². The van der Waals surface area contributed by atoms with E-state index in [2.05, 4.69) is 37.9 Å². The van der Waals surface area contributed by atoms with E-state index in [0.29, 0.717) is 23.3 Å². The number of nitrogens with one attached hydrogen (secondary N) is 1. The molecule has 4 rings (SSSR count). The molecule has 1 atom stereocenters. The van der Waals surface area contributed by atoms with E-state index in [-0.39, 0.29) is 5.91 Å². The molecule has 1 aliphatic heterocycles. The van der Waals surface area contributed by atoms with Crippen LogP contribution in [0.4, 0.5) is 5.69 Å². The molecule has 150 valence electrons. The number of benzene rings is 2. The second-order valence-corrected chi connectivity index (χ2v) is 7.85. The normalized spacial score (nSPS) is 15.4. The summed E-state index contributed by atoms with van der Waals surface area (Å²) in [6.07, 6.45) is -0.843. The first-order chi connectivity index (χ1) is 14.0. The fraction of sp³-hybridized carbons (Fsp3) is 0.273. The quantitative estimate of drug-likeness (QED) is 0.607. The Balaban J connectivity index is 1.37. The summed E-state index contributed by atoms with van der Waals surface area (Å²) < 4.78 is 6.12. The molecule has 1 aromatic heterocycles. The lowest BCUT2D eigenvalue weighted by Crippen LogP contribution is -2.51. The molecule has 6 nitrogen and oxygen atoms in total. The van der Waals surface area contributed by atoms with Gasteiger partial charge in [0.05, 0.1) is 4.47 Å². The van der Waals surface area contributed by atoms with Crippen molar-refractivity contribution in [2.24, 2.45) is 0 Å². The van der Waals surface area contributed by atoms with Gasteiger partial charge in [-0.15, -0.1) is 0 Å².